The maximum absolute atomic E-state index is 12.5. The Labute approximate surface area is 171 Å². The molecule has 4 rings (SSSR count). The van der Waals surface area contributed by atoms with Crippen LogP contribution < -0.4 is 5.32 Å². The average molecular weight is 412 g/mol. The highest BCUT2D eigenvalue weighted by molar-refractivity contribution is 6.30. The molecule has 0 bridgehead atoms. The van der Waals surface area contributed by atoms with Gasteiger partial charge < -0.3 is 5.32 Å². The molecule has 0 aliphatic rings. The van der Waals surface area contributed by atoms with Crippen LogP contribution >= 0.6 is 23.2 Å². The van der Waals surface area contributed by atoms with Crippen molar-refractivity contribution >= 4 is 34.9 Å². The normalized spacial score (nSPS) is 10.8. The van der Waals surface area contributed by atoms with Crippen LogP contribution in [0, 0.1) is 0 Å². The number of hydrogen-bond acceptors (Lipinski definition) is 3. The molecule has 4 aromatic rings. The van der Waals surface area contributed by atoms with Crippen LogP contribution in [-0.2, 0) is 6.54 Å². The standard InChI is InChI=1S/C20H15Cl2N5O/c21-15-5-1-13(2-6-15)12-27-10-9-19(26-27)23-20(28)18-11-17(24-25-18)14-3-7-16(22)8-4-14/h1-11H,12H2,(H,24,25)(H,23,26,28). The molecule has 2 aromatic heterocycles. The van der Waals surface area contributed by atoms with Crippen LogP contribution in [0.25, 0.3) is 11.3 Å². The van der Waals surface area contributed by atoms with Crippen LogP contribution in [0.2, 0.25) is 10.0 Å². The van der Waals surface area contributed by atoms with E-state index in [1.807, 2.05) is 36.4 Å². The molecule has 0 unspecified atom stereocenters. The molecule has 0 aliphatic heterocycles. The minimum Gasteiger partial charge on any atom is -0.304 e. The molecule has 2 heterocycles. The molecule has 0 aliphatic carbocycles. The zero-order valence-electron chi connectivity index (χ0n) is 14.6. The first-order valence-corrected chi connectivity index (χ1v) is 9.23. The molecular formula is C20H15Cl2N5O. The van der Waals surface area contributed by atoms with Crippen LogP contribution in [0.5, 0.6) is 0 Å². The summed E-state index contributed by atoms with van der Waals surface area (Å²) in [6.07, 6.45) is 1.80. The first-order valence-electron chi connectivity index (χ1n) is 8.47. The maximum atomic E-state index is 12.5. The lowest BCUT2D eigenvalue weighted by Gasteiger charge is -2.02. The minimum absolute atomic E-state index is 0.315. The molecule has 0 saturated carbocycles. The summed E-state index contributed by atoms with van der Waals surface area (Å²) in [5.74, 6) is 0.145. The smallest absolute Gasteiger partial charge is 0.274 e. The van der Waals surface area contributed by atoms with Crippen molar-refractivity contribution in [2.75, 3.05) is 5.32 Å². The van der Waals surface area contributed by atoms with Crippen LogP contribution in [0.3, 0.4) is 0 Å². The summed E-state index contributed by atoms with van der Waals surface area (Å²) in [5, 5.41) is 15.4. The second kappa shape index (κ2) is 7.88. The third kappa shape index (κ3) is 4.24. The van der Waals surface area contributed by atoms with E-state index in [0.29, 0.717) is 33.8 Å². The Hall–Kier alpha value is -3.09. The quantitative estimate of drug-likeness (QED) is 0.491. The number of anilines is 1. The third-order valence-electron chi connectivity index (χ3n) is 4.10. The number of nitrogens with one attached hydrogen (secondary N) is 2. The minimum atomic E-state index is -0.315. The summed E-state index contributed by atoms with van der Waals surface area (Å²) < 4.78 is 1.74. The van der Waals surface area contributed by atoms with Crippen LogP contribution in [-0.4, -0.2) is 25.9 Å². The van der Waals surface area contributed by atoms with E-state index in [0.717, 1.165) is 11.1 Å². The van der Waals surface area contributed by atoms with Crippen LogP contribution in [0.15, 0.2) is 66.9 Å². The number of carbonyl (C=O) groups excluding carboxylic acids is 1. The second-order valence-electron chi connectivity index (χ2n) is 6.15. The third-order valence-corrected chi connectivity index (χ3v) is 4.61. The summed E-state index contributed by atoms with van der Waals surface area (Å²) in [4.78, 5) is 12.5. The van der Waals surface area contributed by atoms with Crippen LogP contribution in [0.1, 0.15) is 16.1 Å². The summed E-state index contributed by atoms with van der Waals surface area (Å²) in [6.45, 7) is 0.581. The Bertz CT molecular complexity index is 1100. The Kier molecular flexibility index (Phi) is 5.14. The summed E-state index contributed by atoms with van der Waals surface area (Å²) >= 11 is 11.8. The summed E-state index contributed by atoms with van der Waals surface area (Å²) in [7, 11) is 0. The maximum Gasteiger partial charge on any atom is 0.274 e. The van der Waals surface area contributed by atoms with Gasteiger partial charge in [0.05, 0.1) is 12.2 Å². The first-order chi connectivity index (χ1) is 13.6. The van der Waals surface area contributed by atoms with Gasteiger partial charge in [-0.05, 0) is 35.9 Å². The van der Waals surface area contributed by atoms with E-state index in [1.165, 1.54) is 0 Å². The van der Waals surface area contributed by atoms with Gasteiger partial charge in [0.2, 0.25) is 0 Å². The highest BCUT2D eigenvalue weighted by Crippen LogP contribution is 2.20. The summed E-state index contributed by atoms with van der Waals surface area (Å²) in [6, 6.07) is 18.2. The van der Waals surface area contributed by atoms with Gasteiger partial charge in [0, 0.05) is 27.9 Å². The van der Waals surface area contributed by atoms with E-state index in [4.69, 9.17) is 23.2 Å². The molecule has 0 spiro atoms. The fraction of sp³-hybridized carbons (Fsp3) is 0.0500. The van der Waals surface area contributed by atoms with Crippen LogP contribution in [0.4, 0.5) is 5.82 Å². The number of H-pyrrole nitrogens is 1. The van der Waals surface area contributed by atoms with E-state index >= 15 is 0 Å². The van der Waals surface area contributed by atoms with E-state index in [1.54, 1.807) is 35.1 Å². The topological polar surface area (TPSA) is 75.6 Å². The Morgan fingerprint density at radius 2 is 1.68 bits per heavy atom. The number of rotatable bonds is 5. The molecule has 28 heavy (non-hydrogen) atoms. The van der Waals surface area contributed by atoms with E-state index in [-0.39, 0.29) is 5.91 Å². The first kappa shape index (κ1) is 18.3. The van der Waals surface area contributed by atoms with E-state index in [9.17, 15) is 4.79 Å². The molecule has 0 fully saturated rings. The molecule has 8 heteroatoms. The number of carbonyl (C=O) groups is 1. The molecule has 0 saturated heterocycles. The molecule has 1 amide bonds. The Morgan fingerprint density at radius 3 is 2.39 bits per heavy atom. The molecule has 2 N–H and O–H groups in total. The number of benzene rings is 2. The van der Waals surface area contributed by atoms with E-state index in [2.05, 4.69) is 20.6 Å². The predicted octanol–water partition coefficient (Wildman–Crippen LogP) is 4.88. The fourth-order valence-corrected chi connectivity index (χ4v) is 2.94. The van der Waals surface area contributed by atoms with E-state index < -0.39 is 0 Å². The van der Waals surface area contributed by atoms with Gasteiger partial charge in [-0.25, -0.2) is 0 Å². The van der Waals surface area contributed by atoms with Crippen molar-refractivity contribution in [2.45, 2.75) is 6.54 Å². The van der Waals surface area contributed by atoms with Gasteiger partial charge in [-0.3, -0.25) is 14.6 Å². The van der Waals surface area contributed by atoms with Gasteiger partial charge in [0.15, 0.2) is 5.82 Å². The van der Waals surface area contributed by atoms with Gasteiger partial charge >= 0.3 is 0 Å². The fourth-order valence-electron chi connectivity index (χ4n) is 2.68. The van der Waals surface area contributed by atoms with Crippen molar-refractivity contribution in [3.63, 3.8) is 0 Å². The second-order valence-corrected chi connectivity index (χ2v) is 7.03. The molecular weight excluding hydrogens is 397 g/mol. The lowest BCUT2D eigenvalue weighted by molar-refractivity contribution is 0.102. The lowest BCUT2D eigenvalue weighted by Crippen LogP contribution is -2.13. The highest BCUT2D eigenvalue weighted by atomic mass is 35.5. The van der Waals surface area contributed by atoms with Gasteiger partial charge in [-0.1, -0.05) is 47.5 Å². The van der Waals surface area contributed by atoms with Gasteiger partial charge in [-0.2, -0.15) is 10.2 Å². The number of hydrogen-bond donors (Lipinski definition) is 2. The number of aromatic amines is 1. The number of aromatic nitrogens is 4. The monoisotopic (exact) mass is 411 g/mol. The van der Waals surface area contributed by atoms with Crippen molar-refractivity contribution in [1.29, 1.82) is 0 Å². The van der Waals surface area contributed by atoms with Crippen molar-refractivity contribution in [1.82, 2.24) is 20.0 Å². The Balaban J connectivity index is 1.42. The zero-order valence-corrected chi connectivity index (χ0v) is 16.1. The largest absolute Gasteiger partial charge is 0.304 e. The molecule has 2 aromatic carbocycles. The molecule has 6 nitrogen and oxygen atoms in total. The number of amides is 1. The van der Waals surface area contributed by atoms with Crippen molar-refractivity contribution in [3.8, 4) is 11.3 Å². The molecule has 0 radical (unpaired) electrons. The van der Waals surface area contributed by atoms with Crippen molar-refractivity contribution in [3.05, 3.63) is 88.2 Å². The van der Waals surface area contributed by atoms with Gasteiger partial charge in [0.1, 0.15) is 5.69 Å². The average Bonchev–Trinajstić information content (AvgIpc) is 3.34. The number of nitrogens with zero attached hydrogens (tertiary/aromatic N) is 3. The van der Waals surface area contributed by atoms with Gasteiger partial charge in [-0.15, -0.1) is 0 Å². The van der Waals surface area contributed by atoms with Gasteiger partial charge in [0.25, 0.3) is 5.91 Å². The summed E-state index contributed by atoms with van der Waals surface area (Å²) in [5.41, 5.74) is 2.94. The zero-order chi connectivity index (χ0) is 19.5. The van der Waals surface area contributed by atoms with Crippen molar-refractivity contribution in [2.24, 2.45) is 0 Å². The van der Waals surface area contributed by atoms with Crippen molar-refractivity contribution < 1.29 is 4.79 Å². The lowest BCUT2D eigenvalue weighted by atomic mass is 10.1. The molecule has 140 valence electrons. The number of halogens is 2. The highest BCUT2D eigenvalue weighted by Gasteiger charge is 2.12. The SMILES string of the molecule is O=C(Nc1ccn(Cc2ccc(Cl)cc2)n1)c1cc(-c2ccc(Cl)cc2)n[nH]1. The molecule has 0 atom stereocenters. The Morgan fingerprint density at radius 1 is 1.00 bits per heavy atom. The predicted molar refractivity (Wildman–Crippen MR) is 110 cm³/mol.